The molecule has 0 unspecified atom stereocenters. The Morgan fingerprint density at radius 2 is 1.18 bits per heavy atom. The number of unbranched alkanes of at least 4 members (excludes halogenated alkanes) is 4. The largest absolute Gasteiger partial charge is 0.444 e. The topological polar surface area (TPSA) is 66.5 Å². The molecule has 0 bridgehead atoms. The second-order valence-electron chi connectivity index (χ2n) is 7.77. The highest BCUT2D eigenvalue weighted by Gasteiger charge is 2.19. The van der Waals surface area contributed by atoms with Crippen molar-refractivity contribution in [3.8, 4) is 0 Å². The van der Waals surface area contributed by atoms with Gasteiger partial charge in [0, 0.05) is 20.2 Å². The lowest BCUT2D eigenvalue weighted by atomic mass is 10.2. The Balaban J connectivity index is 3.24. The first kappa shape index (κ1) is 27.1. The van der Waals surface area contributed by atoms with E-state index in [9.17, 15) is 4.79 Å². The van der Waals surface area contributed by atoms with Crippen molar-refractivity contribution >= 4 is 6.09 Å². The molecule has 0 spiro atoms. The lowest BCUT2D eigenvalue weighted by Gasteiger charge is -2.24. The number of carbonyl (C=O) groups excluding carboxylic acids is 1. The summed E-state index contributed by atoms with van der Waals surface area (Å²) in [7, 11) is 1.70. The van der Waals surface area contributed by atoms with Crippen molar-refractivity contribution in [3.05, 3.63) is 0 Å². The van der Waals surface area contributed by atoms with Gasteiger partial charge in [0.05, 0.1) is 46.2 Å². The van der Waals surface area contributed by atoms with E-state index in [4.69, 9.17) is 23.7 Å². The molecule has 168 valence electrons. The molecule has 0 rings (SSSR count). The van der Waals surface area contributed by atoms with E-state index in [2.05, 4.69) is 6.92 Å². The molecule has 0 aromatic heterocycles. The molecule has 28 heavy (non-hydrogen) atoms. The number of rotatable bonds is 18. The van der Waals surface area contributed by atoms with Crippen LogP contribution in [0.5, 0.6) is 0 Å². The van der Waals surface area contributed by atoms with Gasteiger partial charge in [-0.25, -0.2) is 4.79 Å². The summed E-state index contributed by atoms with van der Waals surface area (Å²) in [4.78, 5) is 13.3. The summed E-state index contributed by atoms with van der Waals surface area (Å²) in [6, 6.07) is 0. The van der Waals surface area contributed by atoms with Gasteiger partial charge in [-0.3, -0.25) is 0 Å². The summed E-state index contributed by atoms with van der Waals surface area (Å²) in [6.07, 6.45) is 5.94. The van der Waals surface area contributed by atoms with Crippen molar-refractivity contribution in [1.82, 2.24) is 4.90 Å². The average Bonchev–Trinajstić information content (AvgIpc) is 2.62. The van der Waals surface area contributed by atoms with Gasteiger partial charge in [-0.2, -0.15) is 0 Å². The van der Waals surface area contributed by atoms with Gasteiger partial charge in [0.1, 0.15) is 5.60 Å². The minimum Gasteiger partial charge on any atom is -0.444 e. The maximum Gasteiger partial charge on any atom is 0.410 e. The molecular weight excluding hydrogens is 362 g/mol. The lowest BCUT2D eigenvalue weighted by molar-refractivity contribution is -0.00593. The molecule has 7 heteroatoms. The molecule has 7 nitrogen and oxygen atoms in total. The van der Waals surface area contributed by atoms with E-state index in [-0.39, 0.29) is 6.09 Å². The van der Waals surface area contributed by atoms with Gasteiger partial charge in [-0.05, 0) is 27.2 Å². The smallest absolute Gasteiger partial charge is 0.410 e. The molecule has 0 aliphatic carbocycles. The minimum absolute atomic E-state index is 0.343. The first-order chi connectivity index (χ1) is 13.4. The van der Waals surface area contributed by atoms with Crippen molar-refractivity contribution in [2.24, 2.45) is 0 Å². The van der Waals surface area contributed by atoms with Crippen LogP contribution in [0, 0.1) is 0 Å². The molecular formula is C21H43NO6. The van der Waals surface area contributed by atoms with Gasteiger partial charge in [-0.1, -0.05) is 32.6 Å². The van der Waals surface area contributed by atoms with Gasteiger partial charge in [0.25, 0.3) is 0 Å². The van der Waals surface area contributed by atoms with E-state index in [0.717, 1.165) is 13.0 Å². The zero-order valence-corrected chi connectivity index (χ0v) is 18.8. The summed E-state index contributed by atoms with van der Waals surface area (Å²) in [6.45, 7) is 12.9. The molecule has 0 aliphatic rings. The number of hydrogen-bond acceptors (Lipinski definition) is 6. The molecule has 0 fully saturated rings. The van der Waals surface area contributed by atoms with Crippen molar-refractivity contribution in [1.29, 1.82) is 0 Å². The maximum absolute atomic E-state index is 11.8. The average molecular weight is 406 g/mol. The number of hydrogen-bond donors (Lipinski definition) is 0. The fourth-order valence-electron chi connectivity index (χ4n) is 2.20. The zero-order valence-electron chi connectivity index (χ0n) is 18.8. The second kappa shape index (κ2) is 18.2. The molecule has 1 amide bonds. The van der Waals surface area contributed by atoms with Crippen LogP contribution in [0.15, 0.2) is 0 Å². The summed E-state index contributed by atoms with van der Waals surface area (Å²) >= 11 is 0. The fraction of sp³-hybridized carbons (Fsp3) is 0.952. The van der Waals surface area contributed by atoms with Crippen LogP contribution in [0.1, 0.15) is 59.8 Å². The first-order valence-corrected chi connectivity index (χ1v) is 10.6. The lowest BCUT2D eigenvalue weighted by Crippen LogP contribution is -2.36. The molecule has 0 aromatic carbocycles. The third kappa shape index (κ3) is 19.9. The highest BCUT2D eigenvalue weighted by Crippen LogP contribution is 2.08. The molecule has 0 radical (unpaired) electrons. The van der Waals surface area contributed by atoms with Crippen molar-refractivity contribution < 1.29 is 28.5 Å². The molecule has 0 saturated carbocycles. The third-order valence-corrected chi connectivity index (χ3v) is 3.78. The maximum atomic E-state index is 11.8. The normalized spacial score (nSPS) is 11.6. The van der Waals surface area contributed by atoms with E-state index in [1.165, 1.54) is 30.6 Å². The second-order valence-corrected chi connectivity index (χ2v) is 7.77. The van der Waals surface area contributed by atoms with Gasteiger partial charge in [0.15, 0.2) is 0 Å². The number of carbonyl (C=O) groups is 1. The van der Waals surface area contributed by atoms with Gasteiger partial charge in [-0.15, -0.1) is 0 Å². The fourth-order valence-corrected chi connectivity index (χ4v) is 2.20. The number of amides is 1. The van der Waals surface area contributed by atoms with Crippen LogP contribution in [0.25, 0.3) is 0 Å². The number of nitrogens with zero attached hydrogens (tertiary/aromatic N) is 1. The van der Waals surface area contributed by atoms with Crippen LogP contribution < -0.4 is 0 Å². The van der Waals surface area contributed by atoms with Gasteiger partial charge in [0.2, 0.25) is 0 Å². The highest BCUT2D eigenvalue weighted by atomic mass is 16.6. The molecule has 0 N–H and O–H groups in total. The van der Waals surface area contributed by atoms with Crippen LogP contribution in [-0.4, -0.2) is 83.0 Å². The Kier molecular flexibility index (Phi) is 17.6. The molecule has 0 heterocycles. The number of likely N-dealkylation sites (N-methyl/N-ethyl adjacent to an activating group) is 1. The molecule has 0 aromatic rings. The monoisotopic (exact) mass is 405 g/mol. The van der Waals surface area contributed by atoms with Crippen LogP contribution >= 0.6 is 0 Å². The van der Waals surface area contributed by atoms with Crippen molar-refractivity contribution in [3.63, 3.8) is 0 Å². The SMILES string of the molecule is CCCCCCCOCCOCCOCCOCCN(C)C(=O)OC(C)(C)C. The Morgan fingerprint density at radius 1 is 0.714 bits per heavy atom. The summed E-state index contributed by atoms with van der Waals surface area (Å²) in [5.41, 5.74) is -0.484. The van der Waals surface area contributed by atoms with Crippen LogP contribution in [0.4, 0.5) is 4.79 Å². The molecule has 0 saturated heterocycles. The van der Waals surface area contributed by atoms with Crippen LogP contribution in [0.2, 0.25) is 0 Å². The van der Waals surface area contributed by atoms with Gasteiger partial charge >= 0.3 is 6.09 Å². The van der Waals surface area contributed by atoms with E-state index >= 15 is 0 Å². The van der Waals surface area contributed by atoms with Crippen molar-refractivity contribution in [2.75, 3.05) is 66.4 Å². The first-order valence-electron chi connectivity index (χ1n) is 10.6. The summed E-state index contributed by atoms with van der Waals surface area (Å²) < 4.78 is 27.1. The Hall–Kier alpha value is -0.890. The molecule has 0 atom stereocenters. The zero-order chi connectivity index (χ0) is 21.1. The standard InChI is InChI=1S/C21H43NO6/c1-6-7-8-9-10-12-24-14-16-26-18-19-27-17-15-25-13-11-22(5)20(23)28-21(2,3)4/h6-19H2,1-5H3. The van der Waals surface area contributed by atoms with Crippen LogP contribution in [0.3, 0.4) is 0 Å². The van der Waals surface area contributed by atoms with E-state index < -0.39 is 5.60 Å². The summed E-state index contributed by atoms with van der Waals surface area (Å²) in [5, 5.41) is 0. The number of ether oxygens (including phenoxy) is 5. The predicted molar refractivity (Wildman–Crippen MR) is 111 cm³/mol. The Bertz CT molecular complexity index is 359. The third-order valence-electron chi connectivity index (χ3n) is 3.78. The van der Waals surface area contributed by atoms with E-state index in [1.807, 2.05) is 20.8 Å². The summed E-state index contributed by atoms with van der Waals surface area (Å²) in [5.74, 6) is 0. The van der Waals surface area contributed by atoms with Crippen LogP contribution in [-0.2, 0) is 23.7 Å². The quantitative estimate of drug-likeness (QED) is 0.322. The van der Waals surface area contributed by atoms with Gasteiger partial charge < -0.3 is 28.6 Å². The predicted octanol–water partition coefficient (Wildman–Crippen LogP) is 3.89. The minimum atomic E-state index is -0.484. The Labute approximate surface area is 172 Å². The van der Waals surface area contributed by atoms with E-state index in [0.29, 0.717) is 52.8 Å². The highest BCUT2D eigenvalue weighted by molar-refractivity contribution is 5.67. The van der Waals surface area contributed by atoms with Crippen molar-refractivity contribution in [2.45, 2.75) is 65.4 Å². The Morgan fingerprint density at radius 3 is 1.68 bits per heavy atom. The molecule has 0 aliphatic heterocycles. The van der Waals surface area contributed by atoms with E-state index in [1.54, 1.807) is 7.05 Å².